The molecule has 3 heteroatoms. The van der Waals surface area contributed by atoms with Gasteiger partial charge in [-0.3, -0.25) is 0 Å². The summed E-state index contributed by atoms with van der Waals surface area (Å²) in [4.78, 5) is 2.24. The van der Waals surface area contributed by atoms with E-state index in [1.54, 1.807) is 0 Å². The van der Waals surface area contributed by atoms with Gasteiger partial charge in [-0.25, -0.2) is 0 Å². The second-order valence-electron chi connectivity index (χ2n) is 4.80. The smallest absolute Gasteiger partial charge is 0.120 e. The third kappa shape index (κ3) is 4.23. The van der Waals surface area contributed by atoms with Crippen LogP contribution in [0.2, 0.25) is 0 Å². The fraction of sp³-hybridized carbons (Fsp3) is 0.375. The zero-order chi connectivity index (χ0) is 13.5. The van der Waals surface area contributed by atoms with Gasteiger partial charge in [-0.2, -0.15) is 0 Å². The first-order valence-electron chi connectivity index (χ1n) is 6.80. The van der Waals surface area contributed by atoms with Gasteiger partial charge in [0.1, 0.15) is 12.4 Å². The Morgan fingerprint density at radius 2 is 1.84 bits per heavy atom. The minimum absolute atomic E-state index is 0.708. The van der Waals surface area contributed by atoms with E-state index in [4.69, 9.17) is 10.5 Å². The largest absolute Gasteiger partial charge is 0.492 e. The minimum Gasteiger partial charge on any atom is -0.492 e. The molecule has 0 spiro atoms. The quantitative estimate of drug-likeness (QED) is 0.829. The fourth-order valence-corrected chi connectivity index (χ4v) is 2.05. The van der Waals surface area contributed by atoms with Crippen LogP contribution < -0.4 is 10.5 Å². The normalized spacial score (nSPS) is 11.1. The highest BCUT2D eigenvalue weighted by molar-refractivity contribution is 5.83. The molecule has 0 bridgehead atoms. The Hall–Kier alpha value is -1.58. The first kappa shape index (κ1) is 13.8. The molecule has 0 radical (unpaired) electrons. The highest BCUT2D eigenvalue weighted by Crippen LogP contribution is 2.20. The summed E-state index contributed by atoms with van der Waals surface area (Å²) in [6.45, 7) is 3.40. The SMILES string of the molecule is CN(CCCN)CCOc1ccc2ccccc2c1. The molecule has 2 N–H and O–H groups in total. The van der Waals surface area contributed by atoms with Crippen LogP contribution in [0.25, 0.3) is 10.8 Å². The summed E-state index contributed by atoms with van der Waals surface area (Å²) >= 11 is 0. The van der Waals surface area contributed by atoms with E-state index in [0.717, 1.165) is 31.8 Å². The Morgan fingerprint density at radius 3 is 2.63 bits per heavy atom. The summed E-state index contributed by atoms with van der Waals surface area (Å²) < 4.78 is 5.79. The predicted molar refractivity (Wildman–Crippen MR) is 80.6 cm³/mol. The van der Waals surface area contributed by atoms with Crippen molar-refractivity contribution < 1.29 is 4.74 Å². The highest BCUT2D eigenvalue weighted by atomic mass is 16.5. The number of likely N-dealkylation sites (N-methyl/N-ethyl adjacent to an activating group) is 1. The lowest BCUT2D eigenvalue weighted by Gasteiger charge is -2.16. The van der Waals surface area contributed by atoms with E-state index in [1.807, 2.05) is 12.1 Å². The monoisotopic (exact) mass is 258 g/mol. The maximum Gasteiger partial charge on any atom is 0.120 e. The number of hydrogen-bond acceptors (Lipinski definition) is 3. The van der Waals surface area contributed by atoms with E-state index in [0.29, 0.717) is 6.61 Å². The van der Waals surface area contributed by atoms with Crippen LogP contribution in [0, 0.1) is 0 Å². The van der Waals surface area contributed by atoms with Crippen molar-refractivity contribution in [2.75, 3.05) is 33.3 Å². The maximum atomic E-state index is 5.79. The van der Waals surface area contributed by atoms with Crippen LogP contribution in [0.3, 0.4) is 0 Å². The molecule has 0 aliphatic heterocycles. The molecule has 0 saturated carbocycles. The summed E-state index contributed by atoms with van der Waals surface area (Å²) in [7, 11) is 2.10. The van der Waals surface area contributed by atoms with Crippen LogP contribution in [0.4, 0.5) is 0 Å². The predicted octanol–water partition coefficient (Wildman–Crippen LogP) is 2.50. The van der Waals surface area contributed by atoms with Crippen molar-refractivity contribution >= 4 is 10.8 Å². The average Bonchev–Trinajstić information content (AvgIpc) is 2.45. The Labute approximate surface area is 115 Å². The molecule has 0 atom stereocenters. The van der Waals surface area contributed by atoms with Gasteiger partial charge in [0.2, 0.25) is 0 Å². The summed E-state index contributed by atoms with van der Waals surface area (Å²) in [6.07, 6.45) is 1.03. The van der Waals surface area contributed by atoms with E-state index in [-0.39, 0.29) is 0 Å². The molecular formula is C16H22N2O. The van der Waals surface area contributed by atoms with E-state index in [2.05, 4.69) is 42.3 Å². The summed E-state index contributed by atoms with van der Waals surface area (Å²) in [5, 5.41) is 2.46. The molecule has 0 aliphatic rings. The van der Waals surface area contributed by atoms with Gasteiger partial charge in [-0.05, 0) is 49.5 Å². The standard InChI is InChI=1S/C16H22N2O/c1-18(10-4-9-17)11-12-19-16-8-7-14-5-2-3-6-15(14)13-16/h2-3,5-8,13H,4,9-12,17H2,1H3. The van der Waals surface area contributed by atoms with E-state index < -0.39 is 0 Å². The molecule has 0 unspecified atom stereocenters. The fourth-order valence-electron chi connectivity index (χ4n) is 2.05. The topological polar surface area (TPSA) is 38.5 Å². The van der Waals surface area contributed by atoms with Crippen LogP contribution >= 0.6 is 0 Å². The molecule has 0 heterocycles. The van der Waals surface area contributed by atoms with Gasteiger partial charge in [0.05, 0.1) is 0 Å². The van der Waals surface area contributed by atoms with Gasteiger partial charge in [0.25, 0.3) is 0 Å². The highest BCUT2D eigenvalue weighted by Gasteiger charge is 2.00. The summed E-state index contributed by atoms with van der Waals surface area (Å²) in [5.74, 6) is 0.936. The van der Waals surface area contributed by atoms with Crippen LogP contribution in [0.1, 0.15) is 6.42 Å². The molecule has 0 saturated heterocycles. The zero-order valence-corrected chi connectivity index (χ0v) is 11.5. The van der Waals surface area contributed by atoms with Gasteiger partial charge in [0.15, 0.2) is 0 Å². The molecule has 2 aromatic rings. The molecule has 0 aliphatic carbocycles. The Morgan fingerprint density at radius 1 is 1.05 bits per heavy atom. The molecule has 3 nitrogen and oxygen atoms in total. The first-order valence-corrected chi connectivity index (χ1v) is 6.80. The van der Waals surface area contributed by atoms with E-state index in [9.17, 15) is 0 Å². The molecule has 102 valence electrons. The number of nitrogens with two attached hydrogens (primary N) is 1. The number of fused-ring (bicyclic) bond motifs is 1. The Balaban J connectivity index is 1.84. The molecular weight excluding hydrogens is 236 g/mol. The van der Waals surface area contributed by atoms with Crippen molar-refractivity contribution in [3.05, 3.63) is 42.5 Å². The molecule has 2 rings (SSSR count). The summed E-state index contributed by atoms with van der Waals surface area (Å²) in [6, 6.07) is 14.5. The molecule has 2 aromatic carbocycles. The number of benzene rings is 2. The van der Waals surface area contributed by atoms with Gasteiger partial charge < -0.3 is 15.4 Å². The van der Waals surface area contributed by atoms with Gasteiger partial charge in [-0.15, -0.1) is 0 Å². The van der Waals surface area contributed by atoms with E-state index >= 15 is 0 Å². The van der Waals surface area contributed by atoms with Crippen molar-refractivity contribution in [3.63, 3.8) is 0 Å². The van der Waals surface area contributed by atoms with Crippen LogP contribution in [-0.4, -0.2) is 38.2 Å². The lowest BCUT2D eigenvalue weighted by atomic mass is 10.1. The van der Waals surface area contributed by atoms with Gasteiger partial charge in [0, 0.05) is 6.54 Å². The van der Waals surface area contributed by atoms with Crippen molar-refractivity contribution in [1.29, 1.82) is 0 Å². The third-order valence-corrected chi connectivity index (χ3v) is 3.21. The van der Waals surface area contributed by atoms with Crippen LogP contribution in [-0.2, 0) is 0 Å². The lowest BCUT2D eigenvalue weighted by molar-refractivity contribution is 0.237. The van der Waals surface area contributed by atoms with Gasteiger partial charge >= 0.3 is 0 Å². The maximum absolute atomic E-state index is 5.79. The van der Waals surface area contributed by atoms with Crippen molar-refractivity contribution in [2.24, 2.45) is 5.73 Å². The number of nitrogens with zero attached hydrogens (tertiary/aromatic N) is 1. The third-order valence-electron chi connectivity index (χ3n) is 3.21. The zero-order valence-electron chi connectivity index (χ0n) is 11.5. The van der Waals surface area contributed by atoms with E-state index in [1.165, 1.54) is 10.8 Å². The van der Waals surface area contributed by atoms with Crippen molar-refractivity contribution in [1.82, 2.24) is 4.90 Å². The second-order valence-corrected chi connectivity index (χ2v) is 4.80. The van der Waals surface area contributed by atoms with Crippen molar-refractivity contribution in [2.45, 2.75) is 6.42 Å². The van der Waals surface area contributed by atoms with Crippen LogP contribution in [0.15, 0.2) is 42.5 Å². The lowest BCUT2D eigenvalue weighted by Crippen LogP contribution is -2.26. The molecule has 0 aromatic heterocycles. The Bertz CT molecular complexity index is 513. The number of rotatable bonds is 7. The Kier molecular flexibility index (Phi) is 5.19. The van der Waals surface area contributed by atoms with Crippen molar-refractivity contribution in [3.8, 4) is 5.75 Å². The second kappa shape index (κ2) is 7.12. The minimum atomic E-state index is 0.708. The van der Waals surface area contributed by atoms with Crippen LogP contribution in [0.5, 0.6) is 5.75 Å². The molecule has 0 fully saturated rings. The summed E-state index contributed by atoms with van der Waals surface area (Å²) in [5.41, 5.74) is 5.49. The first-order chi connectivity index (χ1) is 9.29. The van der Waals surface area contributed by atoms with Gasteiger partial charge in [-0.1, -0.05) is 30.3 Å². The average molecular weight is 258 g/mol. The molecule has 0 amide bonds. The number of hydrogen-bond donors (Lipinski definition) is 1. The molecule has 19 heavy (non-hydrogen) atoms. The number of ether oxygens (including phenoxy) is 1.